The molecule has 0 radical (unpaired) electrons. The molecule has 0 bridgehead atoms. The first-order chi connectivity index (χ1) is 14.2. The molecule has 1 aliphatic rings. The minimum absolute atomic E-state index is 0.0307. The van der Waals surface area contributed by atoms with E-state index in [0.717, 1.165) is 44.1 Å². The summed E-state index contributed by atoms with van der Waals surface area (Å²) < 4.78 is 5.66. The zero-order chi connectivity index (χ0) is 20.5. The van der Waals surface area contributed by atoms with Gasteiger partial charge in [0.2, 0.25) is 0 Å². The zero-order valence-corrected chi connectivity index (χ0v) is 17.5. The Morgan fingerprint density at radius 2 is 1.76 bits per heavy atom. The van der Waals surface area contributed by atoms with Crippen LogP contribution in [0, 0.1) is 6.92 Å². The highest BCUT2D eigenvalue weighted by Crippen LogP contribution is 2.36. The van der Waals surface area contributed by atoms with Crippen LogP contribution >= 0.6 is 0 Å². The highest BCUT2D eigenvalue weighted by atomic mass is 16.5. The van der Waals surface area contributed by atoms with Gasteiger partial charge in [0.05, 0.1) is 6.61 Å². The van der Waals surface area contributed by atoms with Crippen molar-refractivity contribution in [3.8, 4) is 0 Å². The number of guanidine groups is 1. The van der Waals surface area contributed by atoms with E-state index in [0.29, 0.717) is 6.54 Å². The maximum Gasteiger partial charge on any atom is 0.191 e. The van der Waals surface area contributed by atoms with Crippen LogP contribution in [0.5, 0.6) is 0 Å². The fourth-order valence-corrected chi connectivity index (χ4v) is 4.18. The third-order valence-corrected chi connectivity index (χ3v) is 5.99. The van der Waals surface area contributed by atoms with Crippen molar-refractivity contribution in [2.24, 2.45) is 4.99 Å². The Bertz CT molecular complexity index is 786. The summed E-state index contributed by atoms with van der Waals surface area (Å²) in [5.74, 6) is 0.794. The molecule has 0 spiro atoms. The standard InChI is InChI=1S/C24H33N3O2/c1-19-8-6-7-11-22(19)24(12-14-29-15-13-24)18-27-23(25-2)26-16-21(17-28)20-9-4-3-5-10-20/h3-11,21,28H,12-18H2,1-2H3,(H2,25,26,27). The molecule has 3 rings (SSSR count). The second kappa shape index (κ2) is 10.4. The third-order valence-electron chi connectivity index (χ3n) is 5.99. The number of ether oxygens (including phenoxy) is 1. The van der Waals surface area contributed by atoms with Gasteiger partial charge in [-0.15, -0.1) is 0 Å². The zero-order valence-electron chi connectivity index (χ0n) is 17.5. The molecule has 156 valence electrons. The monoisotopic (exact) mass is 395 g/mol. The number of aryl methyl sites for hydroxylation is 1. The van der Waals surface area contributed by atoms with Crippen molar-refractivity contribution >= 4 is 5.96 Å². The van der Waals surface area contributed by atoms with Gasteiger partial charge >= 0.3 is 0 Å². The number of hydrogen-bond donors (Lipinski definition) is 3. The quantitative estimate of drug-likeness (QED) is 0.498. The fraction of sp³-hybridized carbons (Fsp3) is 0.458. The summed E-state index contributed by atoms with van der Waals surface area (Å²) in [5.41, 5.74) is 3.88. The molecule has 1 fully saturated rings. The fourth-order valence-electron chi connectivity index (χ4n) is 4.18. The molecule has 1 unspecified atom stereocenters. The minimum atomic E-state index is 0.0307. The van der Waals surface area contributed by atoms with Gasteiger partial charge in [-0.2, -0.15) is 0 Å². The van der Waals surface area contributed by atoms with Crippen molar-refractivity contribution in [1.29, 1.82) is 0 Å². The number of nitrogens with one attached hydrogen (secondary N) is 2. The maximum atomic E-state index is 9.80. The number of aliphatic hydroxyl groups is 1. The van der Waals surface area contributed by atoms with Crippen LogP contribution in [0.2, 0.25) is 0 Å². The van der Waals surface area contributed by atoms with Gasteiger partial charge in [-0.25, -0.2) is 0 Å². The van der Waals surface area contributed by atoms with Crippen molar-refractivity contribution in [3.05, 3.63) is 71.3 Å². The molecule has 1 atom stereocenters. The Balaban J connectivity index is 1.66. The van der Waals surface area contributed by atoms with Crippen LogP contribution in [0.4, 0.5) is 0 Å². The van der Waals surface area contributed by atoms with Crippen molar-refractivity contribution in [1.82, 2.24) is 10.6 Å². The van der Waals surface area contributed by atoms with E-state index in [-0.39, 0.29) is 17.9 Å². The first kappa shape index (κ1) is 21.3. The van der Waals surface area contributed by atoms with E-state index in [1.807, 2.05) is 30.3 Å². The Kier molecular flexibility index (Phi) is 7.67. The van der Waals surface area contributed by atoms with Crippen LogP contribution in [0.1, 0.15) is 35.4 Å². The smallest absolute Gasteiger partial charge is 0.191 e. The molecule has 0 aromatic heterocycles. The number of nitrogens with zero attached hydrogens (tertiary/aromatic N) is 1. The summed E-state index contributed by atoms with van der Waals surface area (Å²) in [4.78, 5) is 4.40. The number of benzene rings is 2. The van der Waals surface area contributed by atoms with Crippen molar-refractivity contribution < 1.29 is 9.84 Å². The number of aliphatic imine (C=N–C) groups is 1. The molecule has 3 N–H and O–H groups in total. The normalized spacial score (nSPS) is 17.6. The van der Waals surface area contributed by atoms with E-state index in [9.17, 15) is 5.11 Å². The summed E-state index contributed by atoms with van der Waals surface area (Å²) in [6.07, 6.45) is 1.98. The molecule has 2 aromatic carbocycles. The van der Waals surface area contributed by atoms with Gasteiger partial charge in [-0.05, 0) is 36.5 Å². The second-order valence-corrected chi connectivity index (χ2v) is 7.80. The second-order valence-electron chi connectivity index (χ2n) is 7.80. The van der Waals surface area contributed by atoms with Gasteiger partial charge in [-0.3, -0.25) is 4.99 Å². The first-order valence-electron chi connectivity index (χ1n) is 10.4. The Morgan fingerprint density at radius 3 is 2.41 bits per heavy atom. The van der Waals surface area contributed by atoms with Crippen molar-refractivity contribution in [2.45, 2.75) is 31.1 Å². The lowest BCUT2D eigenvalue weighted by Gasteiger charge is -2.39. The Hall–Kier alpha value is -2.37. The molecule has 0 amide bonds. The Labute approximate surface area is 174 Å². The maximum absolute atomic E-state index is 9.80. The summed E-state index contributed by atoms with van der Waals surface area (Å²) in [5, 5.41) is 16.7. The summed E-state index contributed by atoms with van der Waals surface area (Å²) in [6.45, 7) is 5.27. The molecule has 0 saturated carbocycles. The van der Waals surface area contributed by atoms with Gasteiger partial charge in [-0.1, -0.05) is 54.6 Å². The van der Waals surface area contributed by atoms with Crippen LogP contribution in [-0.2, 0) is 10.2 Å². The van der Waals surface area contributed by atoms with Crippen molar-refractivity contribution in [3.63, 3.8) is 0 Å². The largest absolute Gasteiger partial charge is 0.396 e. The molecule has 0 aliphatic carbocycles. The average molecular weight is 396 g/mol. The molecule has 5 nitrogen and oxygen atoms in total. The van der Waals surface area contributed by atoms with Crippen LogP contribution in [0.15, 0.2) is 59.6 Å². The van der Waals surface area contributed by atoms with Crippen molar-refractivity contribution in [2.75, 3.05) is 40.0 Å². The molecular formula is C24H33N3O2. The van der Waals surface area contributed by atoms with E-state index in [2.05, 4.69) is 46.8 Å². The molecule has 1 heterocycles. The Morgan fingerprint density at radius 1 is 1.07 bits per heavy atom. The minimum Gasteiger partial charge on any atom is -0.396 e. The van der Waals surface area contributed by atoms with Gasteiger partial charge in [0.15, 0.2) is 5.96 Å². The molecule has 2 aromatic rings. The molecule has 1 aliphatic heterocycles. The molecule has 5 heteroatoms. The lowest BCUT2D eigenvalue weighted by molar-refractivity contribution is 0.0512. The topological polar surface area (TPSA) is 65.9 Å². The summed E-state index contributed by atoms with van der Waals surface area (Å²) >= 11 is 0. The molecule has 1 saturated heterocycles. The average Bonchev–Trinajstić information content (AvgIpc) is 2.78. The highest BCUT2D eigenvalue weighted by molar-refractivity contribution is 5.79. The summed E-state index contributed by atoms with van der Waals surface area (Å²) in [7, 11) is 1.79. The predicted octanol–water partition coefficient (Wildman–Crippen LogP) is 2.98. The van der Waals surface area contributed by atoms with Gasteiger partial charge < -0.3 is 20.5 Å². The summed E-state index contributed by atoms with van der Waals surface area (Å²) in [6, 6.07) is 18.7. The number of hydrogen-bond acceptors (Lipinski definition) is 3. The van der Waals surface area contributed by atoms with Crippen LogP contribution in [-0.4, -0.2) is 51.0 Å². The van der Waals surface area contributed by atoms with E-state index < -0.39 is 0 Å². The van der Waals surface area contributed by atoms with E-state index in [1.165, 1.54) is 11.1 Å². The van der Waals surface area contributed by atoms with Gasteiger partial charge in [0.1, 0.15) is 0 Å². The van der Waals surface area contributed by atoms with E-state index >= 15 is 0 Å². The van der Waals surface area contributed by atoms with E-state index in [1.54, 1.807) is 7.05 Å². The first-order valence-corrected chi connectivity index (χ1v) is 10.4. The van der Waals surface area contributed by atoms with Gasteiger partial charge in [0.25, 0.3) is 0 Å². The van der Waals surface area contributed by atoms with Crippen LogP contribution in [0.3, 0.4) is 0 Å². The number of aliphatic hydroxyl groups excluding tert-OH is 1. The lowest BCUT2D eigenvalue weighted by atomic mass is 9.72. The number of rotatable bonds is 7. The van der Waals surface area contributed by atoms with E-state index in [4.69, 9.17) is 4.74 Å². The van der Waals surface area contributed by atoms with Crippen LogP contribution in [0.25, 0.3) is 0 Å². The SMILES string of the molecule is CN=C(NCC(CO)c1ccccc1)NCC1(c2ccccc2C)CCOCC1. The van der Waals surface area contributed by atoms with Crippen LogP contribution < -0.4 is 10.6 Å². The third kappa shape index (κ3) is 5.37. The molecule has 29 heavy (non-hydrogen) atoms. The van der Waals surface area contributed by atoms with Gasteiger partial charge in [0, 0.05) is 44.7 Å². The predicted molar refractivity (Wildman–Crippen MR) is 119 cm³/mol. The highest BCUT2D eigenvalue weighted by Gasteiger charge is 2.35. The lowest BCUT2D eigenvalue weighted by Crippen LogP contribution is -2.49. The molecular weight excluding hydrogens is 362 g/mol.